The predicted molar refractivity (Wildman–Crippen MR) is 106 cm³/mol. The zero-order valence-corrected chi connectivity index (χ0v) is 16.4. The molecule has 0 atom stereocenters. The Labute approximate surface area is 163 Å². The Balaban J connectivity index is 0.00000156. The van der Waals surface area contributed by atoms with E-state index >= 15 is 0 Å². The Hall–Kier alpha value is -0.990. The quantitative estimate of drug-likeness (QED) is 0.831. The molecule has 0 spiro atoms. The Morgan fingerprint density at radius 1 is 1.12 bits per heavy atom. The summed E-state index contributed by atoms with van der Waals surface area (Å²) in [7, 11) is 1.68. The first-order valence-corrected chi connectivity index (χ1v) is 8.78. The van der Waals surface area contributed by atoms with Crippen LogP contribution in [-0.2, 0) is 5.41 Å². The van der Waals surface area contributed by atoms with Gasteiger partial charge >= 0.3 is 0 Å². The van der Waals surface area contributed by atoms with E-state index in [1.54, 1.807) is 7.11 Å². The summed E-state index contributed by atoms with van der Waals surface area (Å²) in [6, 6.07) is 11.9. The molecule has 140 valence electrons. The van der Waals surface area contributed by atoms with E-state index in [0.717, 1.165) is 50.1 Å². The highest BCUT2D eigenvalue weighted by Gasteiger charge is 2.37. The Morgan fingerprint density at radius 2 is 1.76 bits per heavy atom. The second-order valence-electron chi connectivity index (χ2n) is 6.89. The number of piperidine rings is 1. The molecule has 25 heavy (non-hydrogen) atoms. The van der Waals surface area contributed by atoms with Crippen LogP contribution in [0.2, 0.25) is 0 Å². The predicted octanol–water partition coefficient (Wildman–Crippen LogP) is 3.58. The van der Waals surface area contributed by atoms with Crippen molar-refractivity contribution in [2.75, 3.05) is 20.2 Å². The van der Waals surface area contributed by atoms with Gasteiger partial charge in [-0.3, -0.25) is 0 Å². The minimum atomic E-state index is -0.346. The number of hydrogen-bond donors (Lipinski definition) is 2. The summed E-state index contributed by atoms with van der Waals surface area (Å²) in [5, 5.41) is 17.1. The topological polar surface area (TPSA) is 57.1 Å². The van der Waals surface area contributed by atoms with Crippen LogP contribution < -0.4 is 15.4 Å². The van der Waals surface area contributed by atoms with Gasteiger partial charge in [-0.05, 0) is 69.3 Å². The summed E-state index contributed by atoms with van der Waals surface area (Å²) < 4.78 is 5.33. The third-order valence-corrected chi connectivity index (χ3v) is 5.49. The molecule has 1 heterocycles. The van der Waals surface area contributed by atoms with Crippen LogP contribution in [-0.4, -0.2) is 32.3 Å². The van der Waals surface area contributed by atoms with Crippen LogP contribution in [0.4, 0.5) is 0 Å². The Bertz CT molecular complexity index is 562. The van der Waals surface area contributed by atoms with Crippen molar-refractivity contribution in [2.45, 2.75) is 56.0 Å². The second kappa shape index (κ2) is 10.2. The molecule has 6 heteroatoms. The van der Waals surface area contributed by atoms with Gasteiger partial charge in [0.2, 0.25) is 0 Å². The van der Waals surface area contributed by atoms with E-state index in [0.29, 0.717) is 12.1 Å². The number of methoxy groups -OCH3 is 1. The van der Waals surface area contributed by atoms with Gasteiger partial charge in [-0.2, -0.15) is 5.26 Å². The number of nitrogens with one attached hydrogen (secondary N) is 2. The first-order valence-electron chi connectivity index (χ1n) is 8.78. The molecule has 1 saturated heterocycles. The number of benzene rings is 1. The molecule has 0 bridgehead atoms. The van der Waals surface area contributed by atoms with E-state index < -0.39 is 0 Å². The van der Waals surface area contributed by atoms with Crippen molar-refractivity contribution in [1.82, 2.24) is 10.6 Å². The fraction of sp³-hybridized carbons (Fsp3) is 0.632. The van der Waals surface area contributed by atoms with Gasteiger partial charge in [0.1, 0.15) is 5.75 Å². The maximum absolute atomic E-state index is 9.85. The molecule has 1 aromatic rings. The van der Waals surface area contributed by atoms with E-state index in [1.165, 1.54) is 12.8 Å². The van der Waals surface area contributed by atoms with Crippen LogP contribution in [0, 0.1) is 11.3 Å². The van der Waals surface area contributed by atoms with Crippen molar-refractivity contribution in [3.8, 4) is 11.8 Å². The zero-order valence-electron chi connectivity index (χ0n) is 14.8. The van der Waals surface area contributed by atoms with Crippen LogP contribution in [0.15, 0.2) is 24.3 Å². The lowest BCUT2D eigenvalue weighted by molar-refractivity contribution is 0.257. The molecule has 2 N–H and O–H groups in total. The van der Waals surface area contributed by atoms with Crippen molar-refractivity contribution in [3.05, 3.63) is 29.8 Å². The van der Waals surface area contributed by atoms with Gasteiger partial charge in [0.15, 0.2) is 0 Å². The summed E-state index contributed by atoms with van der Waals surface area (Å²) in [6.45, 7) is 2.24. The highest BCUT2D eigenvalue weighted by atomic mass is 35.5. The van der Waals surface area contributed by atoms with Gasteiger partial charge < -0.3 is 15.4 Å². The molecule has 1 aliphatic carbocycles. The SMILES string of the molecule is COc1cccc(C2(C#N)CCC(NC3CCNCC3)CC2)c1.Cl.Cl. The second-order valence-corrected chi connectivity index (χ2v) is 6.89. The molecule has 0 aromatic heterocycles. The van der Waals surface area contributed by atoms with E-state index in [4.69, 9.17) is 4.74 Å². The summed E-state index contributed by atoms with van der Waals surface area (Å²) in [4.78, 5) is 0. The highest BCUT2D eigenvalue weighted by molar-refractivity contribution is 5.85. The minimum absolute atomic E-state index is 0. The van der Waals surface area contributed by atoms with Gasteiger partial charge in [-0.25, -0.2) is 0 Å². The van der Waals surface area contributed by atoms with E-state index in [1.807, 2.05) is 18.2 Å². The van der Waals surface area contributed by atoms with Gasteiger partial charge in [0.05, 0.1) is 18.6 Å². The lowest BCUT2D eigenvalue weighted by atomic mass is 9.69. The number of nitriles is 1. The average molecular weight is 386 g/mol. The molecule has 0 radical (unpaired) electrons. The molecular formula is C19H29Cl2N3O. The smallest absolute Gasteiger partial charge is 0.119 e. The zero-order chi connectivity index (χ0) is 16.1. The summed E-state index contributed by atoms with van der Waals surface area (Å²) in [5.41, 5.74) is 0.764. The van der Waals surface area contributed by atoms with Crippen molar-refractivity contribution < 1.29 is 4.74 Å². The van der Waals surface area contributed by atoms with E-state index in [-0.39, 0.29) is 30.2 Å². The molecule has 2 aliphatic rings. The van der Waals surface area contributed by atoms with Crippen LogP contribution >= 0.6 is 24.8 Å². The first-order chi connectivity index (χ1) is 11.3. The number of ether oxygens (including phenoxy) is 1. The molecular weight excluding hydrogens is 357 g/mol. The van der Waals surface area contributed by atoms with Crippen molar-refractivity contribution in [3.63, 3.8) is 0 Å². The maximum Gasteiger partial charge on any atom is 0.119 e. The Morgan fingerprint density at radius 3 is 2.36 bits per heavy atom. The number of nitrogens with zero attached hydrogens (tertiary/aromatic N) is 1. The minimum Gasteiger partial charge on any atom is -0.497 e. The first kappa shape index (κ1) is 22.1. The fourth-order valence-electron chi connectivity index (χ4n) is 3.98. The normalized spacial score (nSPS) is 26.6. The lowest BCUT2D eigenvalue weighted by Crippen LogP contribution is -2.47. The Kier molecular flexibility index (Phi) is 9.02. The van der Waals surface area contributed by atoms with Gasteiger partial charge in [0.25, 0.3) is 0 Å². The average Bonchev–Trinajstić information content (AvgIpc) is 2.63. The lowest BCUT2D eigenvalue weighted by Gasteiger charge is -2.38. The standard InChI is InChI=1S/C19H27N3O.2ClH/c1-23-18-4-2-3-15(13-18)19(14-20)9-5-16(6-10-19)22-17-7-11-21-12-8-17;;/h2-4,13,16-17,21-22H,5-12H2,1H3;2*1H. The fourth-order valence-corrected chi connectivity index (χ4v) is 3.98. The third kappa shape index (κ3) is 5.24. The maximum atomic E-state index is 9.85. The molecule has 2 fully saturated rings. The summed E-state index contributed by atoms with van der Waals surface area (Å²) in [6.07, 6.45) is 6.45. The number of rotatable bonds is 4. The number of halogens is 2. The third-order valence-electron chi connectivity index (χ3n) is 5.49. The number of hydrogen-bond acceptors (Lipinski definition) is 4. The molecule has 0 amide bonds. The molecule has 1 aromatic carbocycles. The van der Waals surface area contributed by atoms with Gasteiger partial charge in [-0.1, -0.05) is 12.1 Å². The van der Waals surface area contributed by atoms with Crippen LogP contribution in [0.25, 0.3) is 0 Å². The van der Waals surface area contributed by atoms with Gasteiger partial charge in [0, 0.05) is 12.1 Å². The van der Waals surface area contributed by atoms with E-state index in [9.17, 15) is 5.26 Å². The van der Waals surface area contributed by atoms with E-state index in [2.05, 4.69) is 22.8 Å². The van der Waals surface area contributed by atoms with Crippen LogP contribution in [0.3, 0.4) is 0 Å². The van der Waals surface area contributed by atoms with Crippen molar-refractivity contribution in [2.24, 2.45) is 0 Å². The highest BCUT2D eigenvalue weighted by Crippen LogP contribution is 2.40. The van der Waals surface area contributed by atoms with Crippen LogP contribution in [0.1, 0.15) is 44.1 Å². The summed E-state index contributed by atoms with van der Waals surface area (Å²) in [5.74, 6) is 0.840. The molecule has 1 aliphatic heterocycles. The molecule has 4 nitrogen and oxygen atoms in total. The molecule has 0 unspecified atom stereocenters. The van der Waals surface area contributed by atoms with Gasteiger partial charge in [-0.15, -0.1) is 24.8 Å². The molecule has 1 saturated carbocycles. The summed E-state index contributed by atoms with van der Waals surface area (Å²) >= 11 is 0. The van der Waals surface area contributed by atoms with Crippen molar-refractivity contribution in [1.29, 1.82) is 5.26 Å². The van der Waals surface area contributed by atoms with Crippen molar-refractivity contribution >= 4 is 24.8 Å². The monoisotopic (exact) mass is 385 g/mol. The molecule has 3 rings (SSSR count). The largest absolute Gasteiger partial charge is 0.497 e. The van der Waals surface area contributed by atoms with Crippen LogP contribution in [0.5, 0.6) is 5.75 Å².